The van der Waals surface area contributed by atoms with Gasteiger partial charge in [-0.25, -0.2) is 13.4 Å². The van der Waals surface area contributed by atoms with E-state index in [1.54, 1.807) is 39.6 Å². The fourth-order valence-corrected chi connectivity index (χ4v) is 4.44. The minimum atomic E-state index is -4.73. The van der Waals surface area contributed by atoms with Crippen LogP contribution in [0.5, 0.6) is 0 Å². The first-order valence-electron chi connectivity index (χ1n) is 9.08. The van der Waals surface area contributed by atoms with Gasteiger partial charge in [0.25, 0.3) is 0 Å². The third kappa shape index (κ3) is 3.77. The number of aromatic nitrogens is 3. The summed E-state index contributed by atoms with van der Waals surface area (Å²) in [7, 11) is -4.46. The highest BCUT2D eigenvalue weighted by Gasteiger charge is 2.39. The largest absolute Gasteiger partial charge is 0.404 e. The fraction of sp³-hybridized carbons (Fsp3) is 0.150. The number of rotatable bonds is 5. The number of halogens is 4. The van der Waals surface area contributed by atoms with Crippen molar-refractivity contribution in [2.75, 3.05) is 0 Å². The Kier molecular flexibility index (Phi) is 5.32. The lowest BCUT2D eigenvalue weighted by Gasteiger charge is -2.17. The number of fused-ring (bicyclic) bond motifs is 1. The Balaban J connectivity index is 1.82. The first-order chi connectivity index (χ1) is 15.0. The molecule has 7 nitrogen and oxygen atoms in total. The van der Waals surface area contributed by atoms with Crippen LogP contribution in [-0.4, -0.2) is 35.2 Å². The standard InChI is InChI=1S/C20H13ClF3N5O2S/c1-11(20(22,23)24)28-32(30,31)13-5-7-16(26-10-13)18-15(9-25)14-6-8-17(21)27-19(14)29(18)12-3-2-4-12/h2-8,10-11,28H,1H3. The molecule has 0 aromatic carbocycles. The van der Waals surface area contributed by atoms with Crippen molar-refractivity contribution in [2.24, 2.45) is 0 Å². The van der Waals surface area contributed by atoms with E-state index in [-0.39, 0.29) is 16.4 Å². The highest BCUT2D eigenvalue weighted by Crippen LogP contribution is 2.36. The summed E-state index contributed by atoms with van der Waals surface area (Å²) in [6.07, 6.45) is 1.57. The molecule has 0 fully saturated rings. The molecule has 3 aromatic rings. The molecular weight excluding hydrogens is 467 g/mol. The van der Waals surface area contributed by atoms with Crippen LogP contribution in [0.3, 0.4) is 0 Å². The van der Waals surface area contributed by atoms with Crippen molar-refractivity contribution in [1.29, 1.82) is 5.26 Å². The van der Waals surface area contributed by atoms with Crippen molar-refractivity contribution in [2.45, 2.75) is 24.0 Å². The van der Waals surface area contributed by atoms with Gasteiger partial charge in [0, 0.05) is 17.3 Å². The van der Waals surface area contributed by atoms with Crippen LogP contribution in [0, 0.1) is 11.3 Å². The molecule has 4 rings (SSSR count). The number of pyridine rings is 2. The summed E-state index contributed by atoms with van der Waals surface area (Å²) in [6, 6.07) is 5.48. The molecular formula is C20H13ClF3N5O2S. The Bertz CT molecular complexity index is 1440. The first kappa shape index (κ1) is 22.0. The van der Waals surface area contributed by atoms with Gasteiger partial charge in [-0.05, 0) is 43.3 Å². The second kappa shape index (κ2) is 7.74. The summed E-state index contributed by atoms with van der Waals surface area (Å²) < 4.78 is 66.1. The van der Waals surface area contributed by atoms with Crippen molar-refractivity contribution in [3.63, 3.8) is 0 Å². The molecule has 12 heteroatoms. The molecule has 164 valence electrons. The molecule has 0 radical (unpaired) electrons. The SMILES string of the molecule is CC(NS(=O)(=O)c1ccc(-c2c(C#N)c3ccc(Cl)nc3n2C2=CC=C2)nc1)C(F)(F)F. The van der Waals surface area contributed by atoms with Gasteiger partial charge in [-0.3, -0.25) is 9.55 Å². The van der Waals surface area contributed by atoms with E-state index < -0.39 is 27.1 Å². The Labute approximate surface area is 185 Å². The second-order valence-electron chi connectivity index (χ2n) is 6.89. The van der Waals surface area contributed by atoms with Gasteiger partial charge in [-0.2, -0.15) is 23.2 Å². The molecule has 1 unspecified atom stereocenters. The minimum Gasteiger partial charge on any atom is -0.291 e. The van der Waals surface area contributed by atoms with E-state index in [2.05, 4.69) is 16.0 Å². The molecule has 0 saturated carbocycles. The Morgan fingerprint density at radius 3 is 2.50 bits per heavy atom. The van der Waals surface area contributed by atoms with Gasteiger partial charge in [-0.15, -0.1) is 0 Å². The second-order valence-corrected chi connectivity index (χ2v) is 8.99. The van der Waals surface area contributed by atoms with Crippen LogP contribution in [0.1, 0.15) is 12.5 Å². The molecule has 1 aliphatic rings. The summed E-state index contributed by atoms with van der Waals surface area (Å²) in [6.45, 7) is 0.703. The third-order valence-electron chi connectivity index (χ3n) is 4.80. The number of nitriles is 1. The summed E-state index contributed by atoms with van der Waals surface area (Å²) in [5.74, 6) is 0. The van der Waals surface area contributed by atoms with E-state index in [4.69, 9.17) is 11.6 Å². The summed E-state index contributed by atoms with van der Waals surface area (Å²) in [5.41, 5.74) is 1.96. The zero-order valence-electron chi connectivity index (χ0n) is 16.2. The van der Waals surface area contributed by atoms with Gasteiger partial charge in [0.05, 0.1) is 17.0 Å². The highest BCUT2D eigenvalue weighted by molar-refractivity contribution is 7.89. The number of nitrogens with zero attached hydrogens (tertiary/aromatic N) is 4. The molecule has 0 aliphatic heterocycles. The topological polar surface area (TPSA) is 101 Å². The number of alkyl halides is 3. The van der Waals surface area contributed by atoms with Gasteiger partial charge >= 0.3 is 6.18 Å². The van der Waals surface area contributed by atoms with Crippen molar-refractivity contribution < 1.29 is 21.6 Å². The van der Waals surface area contributed by atoms with Crippen LogP contribution < -0.4 is 4.72 Å². The maximum atomic E-state index is 12.8. The molecule has 32 heavy (non-hydrogen) atoms. The average Bonchev–Trinajstić information content (AvgIpc) is 2.99. The maximum absolute atomic E-state index is 12.8. The van der Waals surface area contributed by atoms with E-state index in [0.29, 0.717) is 29.3 Å². The summed E-state index contributed by atoms with van der Waals surface area (Å²) in [4.78, 5) is 7.99. The Morgan fingerprint density at radius 1 is 1.25 bits per heavy atom. The van der Waals surface area contributed by atoms with E-state index >= 15 is 0 Å². The summed E-state index contributed by atoms with van der Waals surface area (Å²) in [5, 5.41) is 10.5. The summed E-state index contributed by atoms with van der Waals surface area (Å²) >= 11 is 6.04. The molecule has 3 heterocycles. The lowest BCUT2D eigenvalue weighted by Crippen LogP contribution is -2.42. The van der Waals surface area contributed by atoms with E-state index in [9.17, 15) is 26.9 Å². The lowest BCUT2D eigenvalue weighted by atomic mass is 10.1. The molecule has 3 aromatic heterocycles. The lowest BCUT2D eigenvalue weighted by molar-refractivity contribution is -0.147. The maximum Gasteiger partial charge on any atom is 0.404 e. The zero-order chi connectivity index (χ0) is 23.3. The molecule has 0 amide bonds. The quantitative estimate of drug-likeness (QED) is 0.551. The number of nitrogens with one attached hydrogen (secondary N) is 1. The molecule has 1 N–H and O–H groups in total. The minimum absolute atomic E-state index is 0.218. The van der Waals surface area contributed by atoms with Gasteiger partial charge < -0.3 is 0 Å². The van der Waals surface area contributed by atoms with Crippen LogP contribution in [0.25, 0.3) is 28.1 Å². The van der Waals surface area contributed by atoms with Crippen LogP contribution in [0.4, 0.5) is 13.2 Å². The van der Waals surface area contributed by atoms with E-state index in [0.717, 1.165) is 12.3 Å². The van der Waals surface area contributed by atoms with E-state index in [1.165, 1.54) is 6.07 Å². The highest BCUT2D eigenvalue weighted by atomic mass is 35.5. The van der Waals surface area contributed by atoms with Crippen molar-refractivity contribution >= 4 is 38.4 Å². The Morgan fingerprint density at radius 2 is 1.97 bits per heavy atom. The van der Waals surface area contributed by atoms with Crippen molar-refractivity contribution in [1.82, 2.24) is 19.3 Å². The molecule has 0 bridgehead atoms. The Hall–Kier alpha value is -3.20. The van der Waals surface area contributed by atoms with Crippen molar-refractivity contribution in [3.8, 4) is 17.5 Å². The third-order valence-corrected chi connectivity index (χ3v) is 6.54. The monoisotopic (exact) mass is 479 g/mol. The van der Waals surface area contributed by atoms with Gasteiger partial charge in [0.15, 0.2) is 0 Å². The smallest absolute Gasteiger partial charge is 0.291 e. The first-order valence-corrected chi connectivity index (χ1v) is 10.9. The zero-order valence-corrected chi connectivity index (χ0v) is 17.8. The van der Waals surface area contributed by atoms with Crippen LogP contribution in [0.2, 0.25) is 5.15 Å². The fourth-order valence-electron chi connectivity index (χ4n) is 3.12. The molecule has 0 saturated heterocycles. The van der Waals surface area contributed by atoms with Crippen LogP contribution >= 0.6 is 11.6 Å². The normalized spacial score (nSPS) is 14.7. The van der Waals surface area contributed by atoms with Crippen LogP contribution in [0.15, 0.2) is 53.6 Å². The molecule has 1 atom stereocenters. The predicted octanol–water partition coefficient (Wildman–Crippen LogP) is 4.26. The average molecular weight is 480 g/mol. The van der Waals surface area contributed by atoms with Crippen molar-refractivity contribution in [3.05, 3.63) is 59.4 Å². The molecule has 0 spiro atoms. The number of hydrogen-bond donors (Lipinski definition) is 1. The van der Waals surface area contributed by atoms with Gasteiger partial charge in [0.2, 0.25) is 10.0 Å². The van der Waals surface area contributed by atoms with Gasteiger partial charge in [-0.1, -0.05) is 17.7 Å². The number of sulfonamides is 1. The van der Waals surface area contributed by atoms with Gasteiger partial charge in [0.1, 0.15) is 27.8 Å². The van der Waals surface area contributed by atoms with E-state index in [1.807, 2.05) is 0 Å². The van der Waals surface area contributed by atoms with Crippen LogP contribution in [-0.2, 0) is 10.0 Å². The predicted molar refractivity (Wildman–Crippen MR) is 112 cm³/mol. The number of hydrogen-bond acceptors (Lipinski definition) is 5. The molecule has 1 aliphatic carbocycles. The number of allylic oxidation sites excluding steroid dienone is 4.